The highest BCUT2D eigenvalue weighted by Gasteiger charge is 2.30. The van der Waals surface area contributed by atoms with Gasteiger partial charge in [-0.3, -0.25) is 14.2 Å². The molecule has 2 aromatic carbocycles. The molecule has 3 aromatic rings. The number of nitrogens with one attached hydrogen (secondary N) is 1. The lowest BCUT2D eigenvalue weighted by Crippen LogP contribution is -2.40. The smallest absolute Gasteiger partial charge is 0.237 e. The minimum absolute atomic E-state index is 0.0850. The number of carbonyl (C=O) groups excluding carboxylic acids is 2. The number of aromatic nitrogens is 3. The molecule has 0 bridgehead atoms. The summed E-state index contributed by atoms with van der Waals surface area (Å²) in [7, 11) is 0. The fourth-order valence-corrected chi connectivity index (χ4v) is 5.29. The van der Waals surface area contributed by atoms with E-state index in [1.165, 1.54) is 11.8 Å². The molecule has 0 aliphatic carbocycles. The molecule has 9 nitrogen and oxygen atoms in total. The number of ether oxygens (including phenoxy) is 1. The van der Waals surface area contributed by atoms with Gasteiger partial charge in [0.05, 0.1) is 36.0 Å². The zero-order chi connectivity index (χ0) is 24.4. The Labute approximate surface area is 208 Å². The van der Waals surface area contributed by atoms with Crippen molar-refractivity contribution in [2.75, 3.05) is 47.2 Å². The van der Waals surface area contributed by atoms with Gasteiger partial charge in [0.2, 0.25) is 17.8 Å². The van der Waals surface area contributed by atoms with Crippen molar-refractivity contribution in [2.45, 2.75) is 31.5 Å². The number of fused-ring (bicyclic) bond motifs is 1. The molecule has 2 aliphatic heterocycles. The average Bonchev–Trinajstić information content (AvgIpc) is 3.23. The first-order chi connectivity index (χ1) is 17.0. The molecule has 1 fully saturated rings. The maximum absolute atomic E-state index is 13.5. The number of hydrogen-bond donors (Lipinski definition) is 1. The Kier molecular flexibility index (Phi) is 6.74. The van der Waals surface area contributed by atoms with Gasteiger partial charge in [0.1, 0.15) is 0 Å². The Morgan fingerprint density at radius 2 is 1.94 bits per heavy atom. The number of carbonyl (C=O) groups is 2. The van der Waals surface area contributed by atoms with Crippen LogP contribution in [0.15, 0.2) is 53.7 Å². The van der Waals surface area contributed by atoms with Gasteiger partial charge in [-0.1, -0.05) is 36.0 Å². The molecule has 2 amide bonds. The van der Waals surface area contributed by atoms with Crippen molar-refractivity contribution in [1.29, 1.82) is 0 Å². The van der Waals surface area contributed by atoms with E-state index in [0.717, 1.165) is 30.3 Å². The highest BCUT2D eigenvalue weighted by Crippen LogP contribution is 2.33. The van der Waals surface area contributed by atoms with Crippen LogP contribution in [0.5, 0.6) is 0 Å². The topological polar surface area (TPSA) is 92.6 Å². The zero-order valence-corrected chi connectivity index (χ0v) is 20.6. The van der Waals surface area contributed by atoms with Gasteiger partial charge in [-0.15, -0.1) is 10.2 Å². The van der Waals surface area contributed by atoms with Gasteiger partial charge >= 0.3 is 0 Å². The van der Waals surface area contributed by atoms with E-state index in [2.05, 4.69) is 26.5 Å². The number of para-hydroxylation sites is 2. The maximum atomic E-state index is 13.5. The van der Waals surface area contributed by atoms with Gasteiger partial charge in [0.25, 0.3) is 0 Å². The SMILES string of the molecule is Cc1cccc(-n2c(SCC(=O)N3c4ccccc4NC(=O)C[C@H]3C)nnc2N2CCOCC2)c1. The standard InChI is InChI=1S/C25H28N6O3S/c1-17-6-5-7-19(14-17)31-24(29-10-12-34-13-11-29)27-28-25(31)35-16-23(33)30-18(2)15-22(32)26-20-8-3-4-9-21(20)30/h3-9,14,18H,10-13,15-16H2,1-2H3,(H,26,32)/t18-/m1/s1. The van der Waals surface area contributed by atoms with Gasteiger partial charge in [-0.25, -0.2) is 0 Å². The van der Waals surface area contributed by atoms with Crippen molar-refractivity contribution < 1.29 is 14.3 Å². The molecular weight excluding hydrogens is 464 g/mol. The number of nitrogens with zero attached hydrogens (tertiary/aromatic N) is 5. The van der Waals surface area contributed by atoms with Crippen LogP contribution in [-0.4, -0.2) is 64.7 Å². The van der Waals surface area contributed by atoms with Gasteiger partial charge < -0.3 is 19.9 Å². The number of morpholine rings is 1. The van der Waals surface area contributed by atoms with Crippen molar-refractivity contribution in [3.05, 3.63) is 54.1 Å². The summed E-state index contributed by atoms with van der Waals surface area (Å²) in [6.07, 6.45) is 0.242. The monoisotopic (exact) mass is 492 g/mol. The van der Waals surface area contributed by atoms with Crippen LogP contribution in [-0.2, 0) is 14.3 Å². The van der Waals surface area contributed by atoms with E-state index in [9.17, 15) is 9.59 Å². The van der Waals surface area contributed by atoms with E-state index in [1.807, 2.05) is 60.9 Å². The molecular formula is C25H28N6O3S. The van der Waals surface area contributed by atoms with E-state index < -0.39 is 0 Å². The van der Waals surface area contributed by atoms with Gasteiger partial charge in [-0.2, -0.15) is 0 Å². The molecule has 2 aliphatic rings. The number of amides is 2. The van der Waals surface area contributed by atoms with Gasteiger partial charge in [0.15, 0.2) is 5.16 Å². The summed E-state index contributed by atoms with van der Waals surface area (Å²) >= 11 is 1.35. The number of hydrogen-bond acceptors (Lipinski definition) is 7. The van der Waals surface area contributed by atoms with E-state index >= 15 is 0 Å². The van der Waals surface area contributed by atoms with Crippen LogP contribution in [0, 0.1) is 6.92 Å². The van der Waals surface area contributed by atoms with Crippen LogP contribution < -0.4 is 15.1 Å². The normalized spacial score (nSPS) is 18.1. The molecule has 0 spiro atoms. The minimum Gasteiger partial charge on any atom is -0.378 e. The Morgan fingerprint density at radius 3 is 2.74 bits per heavy atom. The summed E-state index contributed by atoms with van der Waals surface area (Å²) < 4.78 is 7.53. The van der Waals surface area contributed by atoms with Crippen LogP contribution in [0.3, 0.4) is 0 Å². The lowest BCUT2D eigenvalue weighted by atomic mass is 10.2. The van der Waals surface area contributed by atoms with Crippen molar-refractivity contribution in [2.24, 2.45) is 0 Å². The first kappa shape index (κ1) is 23.4. The summed E-state index contributed by atoms with van der Waals surface area (Å²) in [5.41, 5.74) is 3.45. The first-order valence-electron chi connectivity index (χ1n) is 11.7. The molecule has 1 aromatic heterocycles. The summed E-state index contributed by atoms with van der Waals surface area (Å²) in [4.78, 5) is 29.7. The van der Waals surface area contributed by atoms with Crippen LogP contribution in [0.25, 0.3) is 5.69 Å². The molecule has 0 saturated carbocycles. The number of rotatable bonds is 5. The summed E-state index contributed by atoms with van der Waals surface area (Å²) in [5, 5.41) is 12.5. The van der Waals surface area contributed by atoms with E-state index in [-0.39, 0.29) is 30.0 Å². The minimum atomic E-state index is -0.259. The van der Waals surface area contributed by atoms with E-state index in [4.69, 9.17) is 4.74 Å². The number of benzene rings is 2. The van der Waals surface area contributed by atoms with Crippen LogP contribution in [0.4, 0.5) is 17.3 Å². The fraction of sp³-hybridized carbons (Fsp3) is 0.360. The van der Waals surface area contributed by atoms with Gasteiger partial charge in [0, 0.05) is 25.6 Å². The fourth-order valence-electron chi connectivity index (χ4n) is 4.48. The summed E-state index contributed by atoms with van der Waals surface area (Å²) in [6, 6.07) is 15.3. The Bertz CT molecular complexity index is 1240. The summed E-state index contributed by atoms with van der Waals surface area (Å²) in [6.45, 7) is 6.69. The first-order valence-corrected chi connectivity index (χ1v) is 12.7. The molecule has 5 rings (SSSR count). The maximum Gasteiger partial charge on any atom is 0.237 e. The van der Waals surface area contributed by atoms with E-state index in [0.29, 0.717) is 29.7 Å². The second-order valence-electron chi connectivity index (χ2n) is 8.73. The highest BCUT2D eigenvalue weighted by atomic mass is 32.2. The highest BCUT2D eigenvalue weighted by molar-refractivity contribution is 7.99. The Morgan fingerprint density at radius 1 is 1.14 bits per heavy atom. The predicted octanol–water partition coefficient (Wildman–Crippen LogP) is 3.27. The predicted molar refractivity (Wildman–Crippen MR) is 136 cm³/mol. The van der Waals surface area contributed by atoms with Crippen LogP contribution in [0.1, 0.15) is 18.9 Å². The average molecular weight is 493 g/mol. The number of aryl methyl sites for hydroxylation is 1. The third kappa shape index (κ3) is 4.89. The lowest BCUT2D eigenvalue weighted by Gasteiger charge is -2.28. The second-order valence-corrected chi connectivity index (χ2v) is 9.67. The molecule has 1 N–H and O–H groups in total. The molecule has 182 valence electrons. The third-order valence-electron chi connectivity index (χ3n) is 6.12. The lowest BCUT2D eigenvalue weighted by molar-refractivity contribution is -0.117. The molecule has 3 heterocycles. The van der Waals surface area contributed by atoms with Crippen LogP contribution in [0.2, 0.25) is 0 Å². The quantitative estimate of drug-likeness (QED) is 0.547. The van der Waals surface area contributed by atoms with E-state index in [1.54, 1.807) is 4.90 Å². The Balaban J connectivity index is 1.43. The molecule has 0 unspecified atom stereocenters. The number of anilines is 3. The Hall–Kier alpha value is -3.37. The van der Waals surface area contributed by atoms with Crippen molar-refractivity contribution in [3.63, 3.8) is 0 Å². The molecule has 1 atom stereocenters. The third-order valence-corrected chi connectivity index (χ3v) is 7.04. The molecule has 10 heteroatoms. The zero-order valence-electron chi connectivity index (χ0n) is 19.8. The van der Waals surface area contributed by atoms with Crippen molar-refractivity contribution in [1.82, 2.24) is 14.8 Å². The molecule has 35 heavy (non-hydrogen) atoms. The molecule has 1 saturated heterocycles. The second kappa shape index (κ2) is 10.1. The van der Waals surface area contributed by atoms with Crippen molar-refractivity contribution >= 4 is 40.9 Å². The van der Waals surface area contributed by atoms with Gasteiger partial charge in [-0.05, 0) is 43.7 Å². The largest absolute Gasteiger partial charge is 0.378 e. The summed E-state index contributed by atoms with van der Waals surface area (Å²) in [5.74, 6) is 0.734. The van der Waals surface area contributed by atoms with Crippen LogP contribution >= 0.6 is 11.8 Å². The molecule has 0 radical (unpaired) electrons. The van der Waals surface area contributed by atoms with Crippen molar-refractivity contribution in [3.8, 4) is 5.69 Å². The number of thioether (sulfide) groups is 1.